The average Bonchev–Trinajstić information content (AvgIpc) is 2.60. The molecule has 2 N–H and O–H groups in total. The predicted octanol–water partition coefficient (Wildman–Crippen LogP) is 1.88. The second-order valence-corrected chi connectivity index (χ2v) is 6.58. The molecule has 0 radical (unpaired) electrons. The summed E-state index contributed by atoms with van der Waals surface area (Å²) < 4.78 is 24.7. The van der Waals surface area contributed by atoms with Gasteiger partial charge >= 0.3 is 0 Å². The molecule has 0 bridgehead atoms. The van der Waals surface area contributed by atoms with Crippen LogP contribution in [-0.4, -0.2) is 38.5 Å². The van der Waals surface area contributed by atoms with E-state index in [0.717, 1.165) is 37.4 Å². The zero-order chi connectivity index (χ0) is 15.9. The summed E-state index contributed by atoms with van der Waals surface area (Å²) in [6, 6.07) is 3.70. The van der Waals surface area contributed by atoms with Crippen LogP contribution in [-0.2, 0) is 12.0 Å². The van der Waals surface area contributed by atoms with Crippen molar-refractivity contribution in [3.05, 3.63) is 28.8 Å². The van der Waals surface area contributed by atoms with Gasteiger partial charge in [0.2, 0.25) is 0 Å². The first-order chi connectivity index (χ1) is 10.4. The summed E-state index contributed by atoms with van der Waals surface area (Å²) in [6.45, 7) is 7.01. The molecule has 2 aliphatic heterocycles. The smallest absolute Gasteiger partial charge is 0.255 e. The summed E-state index contributed by atoms with van der Waals surface area (Å²) in [5, 5.41) is 5.70. The van der Waals surface area contributed by atoms with Crippen LogP contribution in [0.1, 0.15) is 35.3 Å². The molecule has 0 aliphatic carbocycles. The molecule has 2 aliphatic rings. The molecule has 0 unspecified atom stereocenters. The highest BCUT2D eigenvalue weighted by atomic mass is 19.3. The molecule has 0 saturated carbocycles. The van der Waals surface area contributed by atoms with Gasteiger partial charge in [0, 0.05) is 42.8 Å². The van der Waals surface area contributed by atoms with Crippen molar-refractivity contribution in [2.75, 3.05) is 31.1 Å². The Bertz CT molecular complexity index is 601. The molecule has 1 amide bonds. The third-order valence-corrected chi connectivity index (χ3v) is 4.38. The molecule has 0 atom stereocenters. The lowest BCUT2D eigenvalue weighted by Crippen LogP contribution is -2.33. The molecule has 6 heteroatoms. The number of hydrogen-bond donors (Lipinski definition) is 2. The van der Waals surface area contributed by atoms with Crippen molar-refractivity contribution in [1.29, 1.82) is 0 Å². The van der Waals surface area contributed by atoms with E-state index < -0.39 is 18.9 Å². The van der Waals surface area contributed by atoms with E-state index in [1.807, 2.05) is 6.07 Å². The molecule has 0 spiro atoms. The van der Waals surface area contributed by atoms with Crippen molar-refractivity contribution >= 4 is 11.6 Å². The van der Waals surface area contributed by atoms with E-state index in [2.05, 4.69) is 29.4 Å². The van der Waals surface area contributed by atoms with Gasteiger partial charge in [0.05, 0.1) is 6.54 Å². The molecule has 2 heterocycles. The molecule has 1 aromatic rings. The number of halogens is 2. The van der Waals surface area contributed by atoms with Crippen molar-refractivity contribution < 1.29 is 13.6 Å². The second-order valence-electron chi connectivity index (χ2n) is 6.58. The zero-order valence-corrected chi connectivity index (χ0v) is 12.9. The van der Waals surface area contributed by atoms with Crippen LogP contribution in [0.2, 0.25) is 0 Å². The number of anilines is 1. The Morgan fingerprint density at radius 3 is 2.95 bits per heavy atom. The number of carbonyl (C=O) groups is 1. The van der Waals surface area contributed by atoms with Gasteiger partial charge in [-0.05, 0) is 17.2 Å². The summed E-state index contributed by atoms with van der Waals surface area (Å²) in [6.07, 6.45) is -2.54. The van der Waals surface area contributed by atoms with E-state index in [9.17, 15) is 13.6 Å². The summed E-state index contributed by atoms with van der Waals surface area (Å²) in [7, 11) is 0. The minimum absolute atomic E-state index is 0.166. The SMILES string of the molecule is CC1(C)CN2CCNCc3ccc(C(=O)NCC(F)F)c1c32. The molecule has 22 heavy (non-hydrogen) atoms. The van der Waals surface area contributed by atoms with Gasteiger partial charge in [-0.3, -0.25) is 4.79 Å². The Hall–Kier alpha value is -1.69. The third kappa shape index (κ3) is 2.56. The number of rotatable bonds is 3. The Kier molecular flexibility index (Phi) is 3.80. The Balaban J connectivity index is 2.04. The van der Waals surface area contributed by atoms with E-state index in [4.69, 9.17) is 0 Å². The topological polar surface area (TPSA) is 44.4 Å². The molecule has 0 fully saturated rings. The van der Waals surface area contributed by atoms with E-state index in [1.54, 1.807) is 6.07 Å². The molecule has 0 saturated heterocycles. The molecule has 3 rings (SSSR count). The van der Waals surface area contributed by atoms with Gasteiger partial charge < -0.3 is 15.5 Å². The van der Waals surface area contributed by atoms with Gasteiger partial charge in [-0.1, -0.05) is 19.9 Å². The number of nitrogens with one attached hydrogen (secondary N) is 2. The van der Waals surface area contributed by atoms with Crippen molar-refractivity contribution in [1.82, 2.24) is 10.6 Å². The van der Waals surface area contributed by atoms with Gasteiger partial charge in [0.15, 0.2) is 0 Å². The van der Waals surface area contributed by atoms with Crippen LogP contribution < -0.4 is 15.5 Å². The second kappa shape index (κ2) is 5.50. The number of carbonyl (C=O) groups excluding carboxylic acids is 1. The van der Waals surface area contributed by atoms with Crippen molar-refractivity contribution in [2.24, 2.45) is 0 Å². The predicted molar refractivity (Wildman–Crippen MR) is 81.7 cm³/mol. The van der Waals surface area contributed by atoms with Crippen molar-refractivity contribution in [3.63, 3.8) is 0 Å². The lowest BCUT2D eigenvalue weighted by molar-refractivity contribution is 0.0890. The van der Waals surface area contributed by atoms with Crippen LogP contribution in [0.5, 0.6) is 0 Å². The first kappa shape index (κ1) is 15.2. The van der Waals surface area contributed by atoms with Crippen LogP contribution in [0.15, 0.2) is 12.1 Å². The molecule has 120 valence electrons. The number of benzene rings is 1. The molecular formula is C16H21F2N3O. The minimum atomic E-state index is -2.54. The van der Waals surface area contributed by atoms with Crippen LogP contribution in [0.3, 0.4) is 0 Å². The largest absolute Gasteiger partial charge is 0.369 e. The molecule has 4 nitrogen and oxygen atoms in total. The lowest BCUT2D eigenvalue weighted by atomic mass is 9.82. The fourth-order valence-electron chi connectivity index (χ4n) is 3.54. The molecule has 1 aromatic carbocycles. The van der Waals surface area contributed by atoms with Crippen LogP contribution >= 0.6 is 0 Å². The van der Waals surface area contributed by atoms with Crippen LogP contribution in [0.4, 0.5) is 14.5 Å². The Morgan fingerprint density at radius 1 is 1.45 bits per heavy atom. The zero-order valence-electron chi connectivity index (χ0n) is 12.9. The first-order valence-electron chi connectivity index (χ1n) is 7.58. The monoisotopic (exact) mass is 309 g/mol. The molecule has 0 aromatic heterocycles. The fraction of sp³-hybridized carbons (Fsp3) is 0.562. The standard InChI is InChI=1S/C16H21F2N3O/c1-16(2)9-21-6-5-19-7-10-3-4-11(13(16)14(10)21)15(22)20-8-12(17)18/h3-4,12,19H,5-9H2,1-2H3,(H,20,22). The summed E-state index contributed by atoms with van der Waals surface area (Å²) in [5.41, 5.74) is 3.62. The minimum Gasteiger partial charge on any atom is -0.369 e. The Labute approximate surface area is 128 Å². The maximum absolute atomic E-state index is 12.3. The fourth-order valence-corrected chi connectivity index (χ4v) is 3.54. The lowest BCUT2D eigenvalue weighted by Gasteiger charge is -2.22. The molecular weight excluding hydrogens is 288 g/mol. The summed E-state index contributed by atoms with van der Waals surface area (Å²) in [5.74, 6) is -0.412. The third-order valence-electron chi connectivity index (χ3n) is 4.38. The number of amides is 1. The van der Waals surface area contributed by atoms with Crippen LogP contribution in [0, 0.1) is 0 Å². The maximum atomic E-state index is 12.3. The number of alkyl halides is 2. The van der Waals surface area contributed by atoms with Crippen LogP contribution in [0.25, 0.3) is 0 Å². The Morgan fingerprint density at radius 2 is 2.23 bits per heavy atom. The number of hydrogen-bond acceptors (Lipinski definition) is 3. The van der Waals surface area contributed by atoms with Gasteiger partial charge in [-0.2, -0.15) is 0 Å². The maximum Gasteiger partial charge on any atom is 0.255 e. The quantitative estimate of drug-likeness (QED) is 0.896. The van der Waals surface area contributed by atoms with E-state index in [-0.39, 0.29) is 5.41 Å². The van der Waals surface area contributed by atoms with Gasteiger partial charge in [0.1, 0.15) is 0 Å². The van der Waals surface area contributed by atoms with E-state index in [1.165, 1.54) is 5.56 Å². The normalized spacial score (nSPS) is 19.0. The highest BCUT2D eigenvalue weighted by Gasteiger charge is 2.40. The van der Waals surface area contributed by atoms with Gasteiger partial charge in [-0.25, -0.2) is 8.78 Å². The first-order valence-corrected chi connectivity index (χ1v) is 7.58. The number of nitrogens with zero attached hydrogens (tertiary/aromatic N) is 1. The van der Waals surface area contributed by atoms with E-state index >= 15 is 0 Å². The summed E-state index contributed by atoms with van der Waals surface area (Å²) in [4.78, 5) is 14.6. The summed E-state index contributed by atoms with van der Waals surface area (Å²) >= 11 is 0. The van der Waals surface area contributed by atoms with Gasteiger partial charge in [-0.15, -0.1) is 0 Å². The van der Waals surface area contributed by atoms with Crippen molar-refractivity contribution in [2.45, 2.75) is 32.2 Å². The van der Waals surface area contributed by atoms with Crippen molar-refractivity contribution in [3.8, 4) is 0 Å². The average molecular weight is 309 g/mol. The highest BCUT2D eigenvalue weighted by Crippen LogP contribution is 2.45. The van der Waals surface area contributed by atoms with Gasteiger partial charge in [0.25, 0.3) is 12.3 Å². The highest BCUT2D eigenvalue weighted by molar-refractivity contribution is 5.98. The van der Waals surface area contributed by atoms with E-state index in [0.29, 0.717) is 5.56 Å².